The van der Waals surface area contributed by atoms with Crippen LogP contribution < -0.4 is 5.32 Å². The number of hydrogen-bond donors (Lipinski definition) is 1. The highest BCUT2D eigenvalue weighted by Crippen LogP contribution is 2.23. The number of nitrogens with one attached hydrogen (secondary N) is 1. The van der Waals surface area contributed by atoms with Crippen molar-refractivity contribution in [3.63, 3.8) is 0 Å². The van der Waals surface area contributed by atoms with E-state index in [0.29, 0.717) is 31.9 Å². The van der Waals surface area contributed by atoms with E-state index in [9.17, 15) is 13.2 Å². The predicted molar refractivity (Wildman–Crippen MR) is 124 cm³/mol. The molecule has 3 aromatic carbocycles. The minimum absolute atomic E-state index is 0.118. The standard InChI is InChI=1S/C25H26N2O4S/c1-19(20-10-12-22(13-11-20)21-6-3-2-4-7-21)26-25(28)23-8-5-9-24(18-23)32(29,30)27-14-16-31-17-15-27/h2-13,18-19H,14-17H2,1H3,(H,26,28). The van der Waals surface area contributed by atoms with Crippen LogP contribution in [-0.2, 0) is 14.8 Å². The predicted octanol–water partition coefficient (Wildman–Crippen LogP) is 3.87. The highest BCUT2D eigenvalue weighted by Gasteiger charge is 2.27. The Kier molecular flexibility index (Phi) is 6.69. The first-order valence-electron chi connectivity index (χ1n) is 10.6. The number of hydrogen-bond acceptors (Lipinski definition) is 4. The molecule has 1 atom stereocenters. The Balaban J connectivity index is 1.46. The lowest BCUT2D eigenvalue weighted by Gasteiger charge is -2.26. The summed E-state index contributed by atoms with van der Waals surface area (Å²) in [7, 11) is -3.66. The zero-order chi connectivity index (χ0) is 22.6. The van der Waals surface area contributed by atoms with Gasteiger partial charge in [-0.05, 0) is 41.8 Å². The maximum Gasteiger partial charge on any atom is 0.251 e. The molecule has 1 amide bonds. The van der Waals surface area contributed by atoms with Gasteiger partial charge in [-0.15, -0.1) is 0 Å². The molecule has 1 saturated heterocycles. The van der Waals surface area contributed by atoms with Gasteiger partial charge in [0, 0.05) is 18.7 Å². The summed E-state index contributed by atoms with van der Waals surface area (Å²) in [6.07, 6.45) is 0. The van der Waals surface area contributed by atoms with E-state index in [1.165, 1.54) is 16.4 Å². The molecule has 1 N–H and O–H groups in total. The third-order valence-corrected chi connectivity index (χ3v) is 7.46. The minimum atomic E-state index is -3.66. The first-order valence-corrected chi connectivity index (χ1v) is 12.0. The molecule has 0 bridgehead atoms. The molecule has 0 aromatic heterocycles. The highest BCUT2D eigenvalue weighted by atomic mass is 32.2. The fourth-order valence-corrected chi connectivity index (χ4v) is 5.15. The number of ether oxygens (including phenoxy) is 1. The summed E-state index contributed by atoms with van der Waals surface area (Å²) < 4.78 is 32.4. The van der Waals surface area contributed by atoms with Crippen LogP contribution >= 0.6 is 0 Å². The number of benzene rings is 3. The quantitative estimate of drug-likeness (QED) is 0.619. The summed E-state index contributed by atoms with van der Waals surface area (Å²) in [5.41, 5.74) is 3.52. The van der Waals surface area contributed by atoms with Gasteiger partial charge in [-0.1, -0.05) is 60.7 Å². The maximum atomic E-state index is 12.9. The molecule has 1 heterocycles. The van der Waals surface area contributed by atoms with E-state index in [0.717, 1.165) is 16.7 Å². The molecule has 1 aliphatic rings. The van der Waals surface area contributed by atoms with Crippen molar-refractivity contribution in [2.75, 3.05) is 26.3 Å². The normalized spacial score (nSPS) is 15.8. The van der Waals surface area contributed by atoms with Crippen LogP contribution in [0.2, 0.25) is 0 Å². The number of carbonyl (C=O) groups excluding carboxylic acids is 1. The smallest absolute Gasteiger partial charge is 0.251 e. The summed E-state index contributed by atoms with van der Waals surface area (Å²) in [4.78, 5) is 13.0. The van der Waals surface area contributed by atoms with E-state index in [1.807, 2.05) is 49.4 Å². The highest BCUT2D eigenvalue weighted by molar-refractivity contribution is 7.89. The van der Waals surface area contributed by atoms with Gasteiger partial charge in [-0.3, -0.25) is 4.79 Å². The fourth-order valence-electron chi connectivity index (χ4n) is 3.69. The maximum absolute atomic E-state index is 12.9. The summed E-state index contributed by atoms with van der Waals surface area (Å²) in [6.45, 7) is 3.28. The molecule has 0 aliphatic carbocycles. The third kappa shape index (κ3) is 4.91. The average molecular weight is 451 g/mol. The summed E-state index contributed by atoms with van der Waals surface area (Å²) in [5.74, 6) is -0.316. The lowest BCUT2D eigenvalue weighted by molar-refractivity contribution is 0.0730. The van der Waals surface area contributed by atoms with Crippen molar-refractivity contribution in [2.45, 2.75) is 17.9 Å². The molecular weight excluding hydrogens is 424 g/mol. The van der Waals surface area contributed by atoms with Crippen LogP contribution in [0.3, 0.4) is 0 Å². The van der Waals surface area contributed by atoms with Crippen LogP contribution in [0, 0.1) is 0 Å². The first-order chi connectivity index (χ1) is 15.4. The van der Waals surface area contributed by atoms with Gasteiger partial charge >= 0.3 is 0 Å². The minimum Gasteiger partial charge on any atom is -0.379 e. The molecule has 4 rings (SSSR count). The van der Waals surface area contributed by atoms with Crippen LogP contribution in [0.4, 0.5) is 0 Å². The molecule has 1 fully saturated rings. The Bertz CT molecular complexity index is 1170. The lowest BCUT2D eigenvalue weighted by atomic mass is 10.0. The van der Waals surface area contributed by atoms with E-state index < -0.39 is 10.0 Å². The lowest BCUT2D eigenvalue weighted by Crippen LogP contribution is -2.40. The van der Waals surface area contributed by atoms with Crippen molar-refractivity contribution < 1.29 is 17.9 Å². The van der Waals surface area contributed by atoms with E-state index in [1.54, 1.807) is 12.1 Å². The molecule has 1 unspecified atom stereocenters. The van der Waals surface area contributed by atoms with Crippen LogP contribution in [-0.4, -0.2) is 44.9 Å². The second kappa shape index (κ2) is 9.65. The Labute approximate surface area is 188 Å². The summed E-state index contributed by atoms with van der Waals surface area (Å²) >= 11 is 0. The Morgan fingerprint density at radius 2 is 1.56 bits per heavy atom. The SMILES string of the molecule is CC(NC(=O)c1cccc(S(=O)(=O)N2CCOCC2)c1)c1ccc(-c2ccccc2)cc1. The fraction of sp³-hybridized carbons (Fsp3) is 0.240. The van der Waals surface area contributed by atoms with Crippen molar-refractivity contribution in [1.29, 1.82) is 0 Å². The van der Waals surface area contributed by atoms with Gasteiger partial charge in [-0.2, -0.15) is 4.31 Å². The molecule has 6 nitrogen and oxygen atoms in total. The number of nitrogens with zero attached hydrogens (tertiary/aromatic N) is 1. The Morgan fingerprint density at radius 3 is 2.25 bits per heavy atom. The number of amides is 1. The Morgan fingerprint density at radius 1 is 0.906 bits per heavy atom. The number of sulfonamides is 1. The van der Waals surface area contributed by atoms with Crippen molar-refractivity contribution in [2.24, 2.45) is 0 Å². The molecule has 7 heteroatoms. The van der Waals surface area contributed by atoms with E-state index in [4.69, 9.17) is 4.74 Å². The van der Waals surface area contributed by atoms with Crippen molar-refractivity contribution in [3.05, 3.63) is 90.0 Å². The molecule has 166 valence electrons. The molecule has 32 heavy (non-hydrogen) atoms. The number of morpholine rings is 1. The van der Waals surface area contributed by atoms with Crippen molar-refractivity contribution in [3.8, 4) is 11.1 Å². The molecule has 3 aromatic rings. The monoisotopic (exact) mass is 450 g/mol. The number of carbonyl (C=O) groups is 1. The zero-order valence-electron chi connectivity index (χ0n) is 17.9. The van der Waals surface area contributed by atoms with E-state index in [2.05, 4.69) is 17.4 Å². The topological polar surface area (TPSA) is 75.7 Å². The Hall–Kier alpha value is -3.00. The molecule has 0 radical (unpaired) electrons. The second-order valence-electron chi connectivity index (χ2n) is 7.73. The van der Waals surface area contributed by atoms with Crippen LogP contribution in [0.15, 0.2) is 83.8 Å². The molecule has 0 saturated carbocycles. The van der Waals surface area contributed by atoms with Gasteiger partial charge in [0.25, 0.3) is 5.91 Å². The number of rotatable bonds is 6. The first kappa shape index (κ1) is 22.2. The van der Waals surface area contributed by atoms with Crippen LogP contribution in [0.1, 0.15) is 28.9 Å². The van der Waals surface area contributed by atoms with Crippen LogP contribution in [0.5, 0.6) is 0 Å². The van der Waals surface area contributed by atoms with Crippen molar-refractivity contribution >= 4 is 15.9 Å². The second-order valence-corrected chi connectivity index (χ2v) is 9.67. The molecule has 1 aliphatic heterocycles. The van der Waals surface area contributed by atoms with Gasteiger partial charge in [0.2, 0.25) is 10.0 Å². The van der Waals surface area contributed by atoms with Gasteiger partial charge < -0.3 is 10.1 Å². The van der Waals surface area contributed by atoms with Gasteiger partial charge in [0.15, 0.2) is 0 Å². The van der Waals surface area contributed by atoms with E-state index >= 15 is 0 Å². The molecule has 0 spiro atoms. The van der Waals surface area contributed by atoms with Crippen LogP contribution in [0.25, 0.3) is 11.1 Å². The summed E-state index contributed by atoms with van der Waals surface area (Å²) in [6, 6.07) is 24.1. The third-order valence-electron chi connectivity index (χ3n) is 5.57. The van der Waals surface area contributed by atoms with Crippen molar-refractivity contribution in [1.82, 2.24) is 9.62 Å². The largest absolute Gasteiger partial charge is 0.379 e. The van der Waals surface area contributed by atoms with Gasteiger partial charge in [0.1, 0.15) is 0 Å². The zero-order valence-corrected chi connectivity index (χ0v) is 18.7. The summed E-state index contributed by atoms with van der Waals surface area (Å²) in [5, 5.41) is 2.96. The average Bonchev–Trinajstić information content (AvgIpc) is 2.85. The van der Waals surface area contributed by atoms with E-state index in [-0.39, 0.29) is 16.8 Å². The van der Waals surface area contributed by atoms with Gasteiger partial charge in [0.05, 0.1) is 24.2 Å². The molecular formula is C25H26N2O4S. The van der Waals surface area contributed by atoms with Gasteiger partial charge in [-0.25, -0.2) is 8.42 Å².